The van der Waals surface area contributed by atoms with Gasteiger partial charge in [-0.1, -0.05) is 0 Å². The van der Waals surface area contributed by atoms with Crippen LogP contribution in [0.25, 0.3) is 0 Å². The Hall–Kier alpha value is -0.550. The Bertz CT molecular complexity index is 400. The molecule has 1 aliphatic heterocycles. The van der Waals surface area contributed by atoms with Crippen molar-refractivity contribution in [2.24, 2.45) is 28.6 Å². The van der Waals surface area contributed by atoms with E-state index in [0.29, 0.717) is 5.41 Å². The van der Waals surface area contributed by atoms with Crippen molar-refractivity contribution in [3.05, 3.63) is 0 Å². The normalized spacial score (nSPS) is 51.7. The predicted molar refractivity (Wildman–Crippen MR) is 80.0 cm³/mol. The van der Waals surface area contributed by atoms with Crippen molar-refractivity contribution < 1.29 is 0 Å². The molecule has 4 saturated carbocycles. The van der Waals surface area contributed by atoms with Crippen LogP contribution >= 0.6 is 0 Å². The topological polar surface area (TPSA) is 27.0 Å². The molecule has 5 rings (SSSR count). The smallest absolute Gasteiger partial charge is 0.0696 e. The molecular weight excluding hydrogens is 244 g/mol. The average Bonchev–Trinajstić information content (AvgIpc) is 2.60. The molecule has 0 radical (unpaired) electrons. The minimum Gasteiger partial charge on any atom is -0.306 e. The zero-order valence-corrected chi connectivity index (χ0v) is 12.9. The lowest BCUT2D eigenvalue weighted by Gasteiger charge is -2.62. The van der Waals surface area contributed by atoms with Crippen LogP contribution in [0.2, 0.25) is 0 Å². The molecule has 4 aliphatic carbocycles. The highest BCUT2D eigenvalue weighted by Gasteiger charge is 2.60. The summed E-state index contributed by atoms with van der Waals surface area (Å²) in [6, 6.07) is 2.91. The van der Waals surface area contributed by atoms with Crippen LogP contribution < -0.4 is 0 Å². The van der Waals surface area contributed by atoms with Crippen molar-refractivity contribution in [2.45, 2.75) is 57.8 Å². The molecule has 4 bridgehead atoms. The maximum Gasteiger partial charge on any atom is 0.0696 e. The summed E-state index contributed by atoms with van der Waals surface area (Å²) in [5, 5.41) is 10.1. The second-order valence-electron chi connectivity index (χ2n) is 8.55. The minimum atomic E-state index is 0.00771. The molecule has 0 amide bonds. The zero-order valence-electron chi connectivity index (χ0n) is 12.9. The molecule has 1 saturated heterocycles. The van der Waals surface area contributed by atoms with Crippen molar-refractivity contribution in [2.75, 3.05) is 20.1 Å². The number of nitriles is 1. The molecule has 110 valence electrons. The molecule has 20 heavy (non-hydrogen) atoms. The molecule has 0 aromatic heterocycles. The van der Waals surface area contributed by atoms with E-state index in [4.69, 9.17) is 0 Å². The number of likely N-dealkylation sites (tertiary alicyclic amines) is 1. The summed E-state index contributed by atoms with van der Waals surface area (Å²) in [7, 11) is 2.23. The predicted octanol–water partition coefficient (Wildman–Crippen LogP) is 3.83. The standard InChI is InChI=1S/C18H28N2/c1-20-5-2-3-17(13-19,4-6-20)18-10-14-7-15(11-18)9-16(8-14)12-18/h14-16H,2-12H2,1H3. The lowest BCUT2D eigenvalue weighted by molar-refractivity contribution is -0.115. The van der Waals surface area contributed by atoms with Crippen molar-refractivity contribution >= 4 is 0 Å². The summed E-state index contributed by atoms with van der Waals surface area (Å²) >= 11 is 0. The minimum absolute atomic E-state index is 0.00771. The highest BCUT2D eigenvalue weighted by molar-refractivity contribution is 5.17. The van der Waals surface area contributed by atoms with Gasteiger partial charge in [-0.2, -0.15) is 5.26 Å². The van der Waals surface area contributed by atoms with E-state index in [1.165, 1.54) is 57.9 Å². The first-order chi connectivity index (χ1) is 9.65. The van der Waals surface area contributed by atoms with E-state index in [1.54, 1.807) is 0 Å². The number of rotatable bonds is 1. The molecule has 1 heterocycles. The van der Waals surface area contributed by atoms with E-state index in [-0.39, 0.29) is 5.41 Å². The second-order valence-corrected chi connectivity index (χ2v) is 8.55. The molecule has 1 atom stereocenters. The Morgan fingerprint density at radius 3 is 2.10 bits per heavy atom. The third-order valence-electron chi connectivity index (χ3n) is 7.33. The SMILES string of the molecule is CN1CCCC(C#N)(C23CC4CC(CC(C4)C2)C3)CC1. The highest BCUT2D eigenvalue weighted by Crippen LogP contribution is 2.67. The van der Waals surface area contributed by atoms with Crippen molar-refractivity contribution in [1.29, 1.82) is 5.26 Å². The quantitative estimate of drug-likeness (QED) is 0.725. The Kier molecular flexibility index (Phi) is 2.94. The van der Waals surface area contributed by atoms with E-state index in [1.807, 2.05) is 0 Å². The van der Waals surface area contributed by atoms with Crippen LogP contribution in [-0.2, 0) is 0 Å². The molecule has 0 aromatic rings. The van der Waals surface area contributed by atoms with Crippen LogP contribution in [0.5, 0.6) is 0 Å². The molecule has 5 fully saturated rings. The van der Waals surface area contributed by atoms with Crippen LogP contribution in [0, 0.1) is 39.9 Å². The van der Waals surface area contributed by atoms with E-state index in [2.05, 4.69) is 18.0 Å². The number of nitrogens with zero attached hydrogens (tertiary/aromatic N) is 2. The van der Waals surface area contributed by atoms with Crippen LogP contribution in [-0.4, -0.2) is 25.0 Å². The molecular formula is C18H28N2. The van der Waals surface area contributed by atoms with Gasteiger partial charge in [-0.3, -0.25) is 0 Å². The van der Waals surface area contributed by atoms with Gasteiger partial charge in [0, 0.05) is 0 Å². The summed E-state index contributed by atoms with van der Waals surface area (Å²) < 4.78 is 0. The summed E-state index contributed by atoms with van der Waals surface area (Å²) in [5.74, 6) is 2.90. The van der Waals surface area contributed by atoms with Gasteiger partial charge in [0.1, 0.15) is 0 Å². The van der Waals surface area contributed by atoms with Crippen LogP contribution in [0.1, 0.15) is 57.8 Å². The molecule has 1 unspecified atom stereocenters. The van der Waals surface area contributed by atoms with Gasteiger partial charge in [-0.25, -0.2) is 0 Å². The van der Waals surface area contributed by atoms with E-state index >= 15 is 0 Å². The van der Waals surface area contributed by atoms with E-state index in [0.717, 1.165) is 30.7 Å². The largest absolute Gasteiger partial charge is 0.306 e. The first-order valence-corrected chi connectivity index (χ1v) is 8.75. The molecule has 0 spiro atoms. The van der Waals surface area contributed by atoms with E-state index in [9.17, 15) is 5.26 Å². The monoisotopic (exact) mass is 272 g/mol. The van der Waals surface area contributed by atoms with Gasteiger partial charge in [-0.15, -0.1) is 0 Å². The van der Waals surface area contributed by atoms with Gasteiger partial charge in [-0.05, 0) is 101 Å². The first-order valence-electron chi connectivity index (χ1n) is 8.75. The van der Waals surface area contributed by atoms with Crippen molar-refractivity contribution in [3.8, 4) is 6.07 Å². The van der Waals surface area contributed by atoms with Gasteiger partial charge >= 0.3 is 0 Å². The first kappa shape index (κ1) is 13.1. The fourth-order valence-electron chi connectivity index (χ4n) is 6.73. The lowest BCUT2D eigenvalue weighted by Crippen LogP contribution is -2.54. The van der Waals surface area contributed by atoms with E-state index < -0.39 is 0 Å². The lowest BCUT2D eigenvalue weighted by atomic mass is 9.42. The number of hydrogen-bond donors (Lipinski definition) is 0. The highest BCUT2D eigenvalue weighted by atomic mass is 15.1. The Balaban J connectivity index is 1.68. The maximum atomic E-state index is 10.1. The van der Waals surface area contributed by atoms with Gasteiger partial charge in [0.05, 0.1) is 11.5 Å². The summed E-state index contributed by atoms with van der Waals surface area (Å²) in [4.78, 5) is 2.44. The second kappa shape index (κ2) is 4.47. The van der Waals surface area contributed by atoms with Gasteiger partial charge in [0.2, 0.25) is 0 Å². The molecule has 0 aromatic carbocycles. The third-order valence-corrected chi connectivity index (χ3v) is 7.33. The van der Waals surface area contributed by atoms with Crippen LogP contribution in [0.15, 0.2) is 0 Å². The fourth-order valence-corrected chi connectivity index (χ4v) is 6.73. The summed E-state index contributed by atoms with van der Waals surface area (Å²) in [6.45, 7) is 2.32. The van der Waals surface area contributed by atoms with Crippen LogP contribution in [0.4, 0.5) is 0 Å². The van der Waals surface area contributed by atoms with Gasteiger partial charge < -0.3 is 4.90 Å². The van der Waals surface area contributed by atoms with Gasteiger partial charge in [0.15, 0.2) is 0 Å². The molecule has 5 aliphatic rings. The Morgan fingerprint density at radius 1 is 0.950 bits per heavy atom. The Morgan fingerprint density at radius 2 is 1.55 bits per heavy atom. The fraction of sp³-hybridized carbons (Fsp3) is 0.944. The third kappa shape index (κ3) is 1.78. The van der Waals surface area contributed by atoms with Gasteiger partial charge in [0.25, 0.3) is 0 Å². The maximum absolute atomic E-state index is 10.1. The average molecular weight is 272 g/mol. The van der Waals surface area contributed by atoms with Crippen molar-refractivity contribution in [1.82, 2.24) is 4.90 Å². The molecule has 2 nitrogen and oxygen atoms in total. The van der Waals surface area contributed by atoms with Crippen LogP contribution in [0.3, 0.4) is 0 Å². The summed E-state index contributed by atoms with van der Waals surface area (Å²) in [5.41, 5.74) is 0.412. The molecule has 0 N–H and O–H groups in total. The van der Waals surface area contributed by atoms with Crippen molar-refractivity contribution in [3.63, 3.8) is 0 Å². The summed E-state index contributed by atoms with van der Waals surface area (Å²) in [6.07, 6.45) is 12.1. The Labute approximate surface area is 123 Å². The zero-order chi connectivity index (χ0) is 13.8. The molecule has 2 heteroatoms. The number of hydrogen-bond acceptors (Lipinski definition) is 2.